The van der Waals surface area contributed by atoms with Gasteiger partial charge in [-0.2, -0.15) is 5.26 Å². The summed E-state index contributed by atoms with van der Waals surface area (Å²) in [4.78, 5) is 25.5. The monoisotopic (exact) mass is 496 g/mol. The quantitative estimate of drug-likeness (QED) is 0.371. The first-order chi connectivity index (χ1) is 18.0. The highest BCUT2D eigenvalue weighted by Crippen LogP contribution is 2.32. The van der Waals surface area contributed by atoms with Gasteiger partial charge in [-0.3, -0.25) is 9.78 Å². The number of nitrogens with zero attached hydrogens (tertiary/aromatic N) is 5. The molecule has 0 bridgehead atoms. The first kappa shape index (κ1) is 25.7. The van der Waals surface area contributed by atoms with Gasteiger partial charge in [0.05, 0.1) is 28.7 Å². The Kier molecular flexibility index (Phi) is 8.33. The van der Waals surface area contributed by atoms with Crippen molar-refractivity contribution in [2.24, 2.45) is 0 Å². The van der Waals surface area contributed by atoms with E-state index >= 15 is 0 Å². The van der Waals surface area contributed by atoms with E-state index in [1.54, 1.807) is 18.5 Å². The van der Waals surface area contributed by atoms with Crippen molar-refractivity contribution in [1.29, 1.82) is 5.26 Å². The Hall–Kier alpha value is -4.42. The van der Waals surface area contributed by atoms with Crippen LogP contribution in [0.3, 0.4) is 0 Å². The molecule has 0 radical (unpaired) electrons. The third kappa shape index (κ3) is 6.42. The second-order valence-electron chi connectivity index (χ2n) is 8.85. The molecule has 37 heavy (non-hydrogen) atoms. The number of amides is 1. The van der Waals surface area contributed by atoms with Crippen LogP contribution in [0.4, 0.5) is 28.6 Å². The number of benzene rings is 1. The minimum absolute atomic E-state index is 0.0639. The number of hydrogen-bond acceptors (Lipinski definition) is 8. The van der Waals surface area contributed by atoms with Gasteiger partial charge in [0.25, 0.3) is 0 Å². The maximum Gasteiger partial charge on any atom is 0.247 e. The maximum atomic E-state index is 12.2. The molecule has 1 atom stereocenters. The molecule has 3 heterocycles. The Morgan fingerprint density at radius 1 is 1.16 bits per heavy atom. The molecule has 1 amide bonds. The van der Waals surface area contributed by atoms with Crippen LogP contribution in [0.2, 0.25) is 0 Å². The number of carbonyl (C=O) groups is 1. The molecule has 190 valence electrons. The van der Waals surface area contributed by atoms with Crippen molar-refractivity contribution >= 4 is 34.5 Å². The standard InChI is InChI=1S/C28H32N8O/c1-4-28(37)34-26-15-23(36-13-11-35(5-2)12-14-36)8-9-24(26)33-27-16-25(22(17-29)19-31-27)32-20(3)21-7-6-10-30-18-21/h4,6-10,15-16,18-20H,1,5,11-14H2,2-3H3,(H,34,37)(H2,31,32,33). The molecule has 1 aliphatic heterocycles. The Morgan fingerprint density at radius 3 is 2.65 bits per heavy atom. The number of aromatic nitrogens is 2. The van der Waals surface area contributed by atoms with Crippen molar-refractivity contribution in [2.45, 2.75) is 19.9 Å². The van der Waals surface area contributed by atoms with Crippen LogP contribution < -0.4 is 20.9 Å². The summed E-state index contributed by atoms with van der Waals surface area (Å²) < 4.78 is 0. The lowest BCUT2D eigenvalue weighted by atomic mass is 10.1. The van der Waals surface area contributed by atoms with Crippen molar-refractivity contribution in [1.82, 2.24) is 14.9 Å². The summed E-state index contributed by atoms with van der Waals surface area (Å²) in [5.74, 6) is 0.245. The van der Waals surface area contributed by atoms with E-state index in [0.29, 0.717) is 28.4 Å². The number of likely N-dealkylation sites (N-methyl/N-ethyl adjacent to an activating group) is 1. The Morgan fingerprint density at radius 2 is 1.97 bits per heavy atom. The number of nitrogens with one attached hydrogen (secondary N) is 3. The zero-order valence-corrected chi connectivity index (χ0v) is 21.2. The van der Waals surface area contributed by atoms with Crippen molar-refractivity contribution in [2.75, 3.05) is 53.6 Å². The molecule has 4 rings (SSSR count). The Bertz CT molecular complexity index is 1280. The van der Waals surface area contributed by atoms with Crippen LogP contribution >= 0.6 is 0 Å². The van der Waals surface area contributed by atoms with E-state index in [-0.39, 0.29) is 11.9 Å². The molecule has 0 saturated carbocycles. The molecule has 1 aliphatic rings. The number of rotatable bonds is 9. The van der Waals surface area contributed by atoms with Gasteiger partial charge in [-0.05, 0) is 49.4 Å². The highest BCUT2D eigenvalue weighted by atomic mass is 16.1. The van der Waals surface area contributed by atoms with Crippen LogP contribution in [0.1, 0.15) is 31.0 Å². The number of pyridine rings is 2. The first-order valence-corrected chi connectivity index (χ1v) is 12.4. The summed E-state index contributed by atoms with van der Waals surface area (Å²) in [5.41, 5.74) is 4.45. The third-order valence-electron chi connectivity index (χ3n) is 6.47. The molecule has 0 spiro atoms. The van der Waals surface area contributed by atoms with E-state index in [4.69, 9.17) is 0 Å². The minimum Gasteiger partial charge on any atom is -0.377 e. The normalized spacial score (nSPS) is 14.4. The van der Waals surface area contributed by atoms with Gasteiger partial charge < -0.3 is 25.8 Å². The fourth-order valence-corrected chi connectivity index (χ4v) is 4.27. The lowest BCUT2D eigenvalue weighted by Gasteiger charge is -2.35. The maximum absolute atomic E-state index is 12.2. The van der Waals surface area contributed by atoms with Crippen molar-refractivity contribution in [3.05, 3.63) is 78.8 Å². The van der Waals surface area contributed by atoms with Gasteiger partial charge in [-0.25, -0.2) is 4.98 Å². The predicted octanol–water partition coefficient (Wildman–Crippen LogP) is 4.53. The molecule has 9 heteroatoms. The predicted molar refractivity (Wildman–Crippen MR) is 148 cm³/mol. The summed E-state index contributed by atoms with van der Waals surface area (Å²) in [5, 5.41) is 19.2. The summed E-state index contributed by atoms with van der Waals surface area (Å²) in [7, 11) is 0. The van der Waals surface area contributed by atoms with Crippen LogP contribution in [0.15, 0.2) is 67.6 Å². The van der Waals surface area contributed by atoms with Crippen LogP contribution in [0, 0.1) is 11.3 Å². The van der Waals surface area contributed by atoms with E-state index in [1.165, 1.54) is 12.3 Å². The van der Waals surface area contributed by atoms with Gasteiger partial charge in [0.15, 0.2) is 0 Å². The molecule has 1 fully saturated rings. The van der Waals surface area contributed by atoms with Crippen LogP contribution in [0.25, 0.3) is 0 Å². The number of anilines is 5. The fraction of sp³-hybridized carbons (Fsp3) is 0.286. The molecular formula is C28H32N8O. The molecule has 3 aromatic rings. The fourth-order valence-electron chi connectivity index (χ4n) is 4.27. The minimum atomic E-state index is -0.295. The molecule has 9 nitrogen and oxygen atoms in total. The number of carbonyl (C=O) groups excluding carboxylic acids is 1. The first-order valence-electron chi connectivity index (χ1n) is 12.4. The second-order valence-corrected chi connectivity index (χ2v) is 8.85. The number of hydrogen-bond donors (Lipinski definition) is 3. The van der Waals surface area contributed by atoms with Crippen molar-refractivity contribution in [3.63, 3.8) is 0 Å². The van der Waals surface area contributed by atoms with Crippen LogP contribution in [0.5, 0.6) is 0 Å². The largest absolute Gasteiger partial charge is 0.377 e. The van der Waals surface area contributed by atoms with Gasteiger partial charge in [0.2, 0.25) is 5.91 Å². The van der Waals surface area contributed by atoms with E-state index in [0.717, 1.165) is 44.0 Å². The zero-order valence-electron chi connectivity index (χ0n) is 21.2. The molecule has 1 aromatic carbocycles. The van der Waals surface area contributed by atoms with E-state index in [2.05, 4.69) is 55.3 Å². The van der Waals surface area contributed by atoms with Crippen LogP contribution in [-0.4, -0.2) is 53.5 Å². The lowest BCUT2D eigenvalue weighted by Crippen LogP contribution is -2.46. The number of piperazine rings is 1. The highest BCUT2D eigenvalue weighted by molar-refractivity contribution is 6.02. The third-order valence-corrected chi connectivity index (χ3v) is 6.47. The summed E-state index contributed by atoms with van der Waals surface area (Å²) in [6.07, 6.45) is 6.30. The van der Waals surface area contributed by atoms with Gasteiger partial charge >= 0.3 is 0 Å². The number of nitriles is 1. The molecule has 0 aliphatic carbocycles. The SMILES string of the molecule is C=CC(=O)Nc1cc(N2CCN(CC)CC2)ccc1Nc1cc(NC(C)c2cccnc2)c(C#N)cn1. The van der Waals surface area contributed by atoms with E-state index < -0.39 is 0 Å². The molecule has 1 saturated heterocycles. The van der Waals surface area contributed by atoms with E-state index in [1.807, 2.05) is 37.3 Å². The van der Waals surface area contributed by atoms with Crippen molar-refractivity contribution < 1.29 is 4.79 Å². The van der Waals surface area contributed by atoms with Gasteiger partial charge in [0, 0.05) is 56.5 Å². The van der Waals surface area contributed by atoms with E-state index in [9.17, 15) is 10.1 Å². The van der Waals surface area contributed by atoms with Crippen LogP contribution in [-0.2, 0) is 4.79 Å². The topological polar surface area (TPSA) is 109 Å². The molecule has 1 unspecified atom stereocenters. The second kappa shape index (κ2) is 12.0. The molecule has 3 N–H and O–H groups in total. The lowest BCUT2D eigenvalue weighted by molar-refractivity contribution is -0.111. The Labute approximate surface area is 217 Å². The average Bonchev–Trinajstić information content (AvgIpc) is 2.94. The van der Waals surface area contributed by atoms with Crippen molar-refractivity contribution in [3.8, 4) is 6.07 Å². The molecular weight excluding hydrogens is 464 g/mol. The summed E-state index contributed by atoms with van der Waals surface area (Å²) in [6, 6.07) is 13.7. The average molecular weight is 497 g/mol. The van der Waals surface area contributed by atoms with Gasteiger partial charge in [-0.1, -0.05) is 19.6 Å². The smallest absolute Gasteiger partial charge is 0.247 e. The zero-order chi connectivity index (χ0) is 26.2. The van der Waals surface area contributed by atoms with Gasteiger partial charge in [0.1, 0.15) is 11.9 Å². The summed E-state index contributed by atoms with van der Waals surface area (Å²) >= 11 is 0. The highest BCUT2D eigenvalue weighted by Gasteiger charge is 2.18. The molecule has 2 aromatic heterocycles. The summed E-state index contributed by atoms with van der Waals surface area (Å²) in [6.45, 7) is 12.7. The van der Waals surface area contributed by atoms with Gasteiger partial charge in [-0.15, -0.1) is 0 Å². The Balaban J connectivity index is 1.58.